The molecule has 0 saturated heterocycles. The molecule has 2 aromatic rings. The summed E-state index contributed by atoms with van der Waals surface area (Å²) in [7, 11) is 0. The van der Waals surface area contributed by atoms with E-state index in [1.165, 1.54) is 0 Å². The van der Waals surface area contributed by atoms with Crippen LogP contribution in [-0.4, -0.2) is 11.0 Å². The first kappa shape index (κ1) is 16.0. The van der Waals surface area contributed by atoms with Crippen LogP contribution in [0.15, 0.2) is 42.5 Å². The lowest BCUT2D eigenvalue weighted by Gasteiger charge is -2.13. The number of benzene rings is 2. The Morgan fingerprint density at radius 1 is 1.32 bits per heavy atom. The molecule has 4 nitrogen and oxygen atoms in total. The van der Waals surface area contributed by atoms with Crippen LogP contribution in [0.2, 0.25) is 5.02 Å². The number of hydrogen-bond acceptors (Lipinski definition) is 3. The van der Waals surface area contributed by atoms with Gasteiger partial charge in [-0.1, -0.05) is 29.8 Å². The minimum absolute atomic E-state index is 0.0716. The van der Waals surface area contributed by atoms with E-state index in [4.69, 9.17) is 16.9 Å². The van der Waals surface area contributed by atoms with E-state index in [9.17, 15) is 9.90 Å². The number of rotatable bonds is 4. The number of carbonyl (C=O) groups is 1. The van der Waals surface area contributed by atoms with Crippen molar-refractivity contribution in [3.8, 4) is 6.07 Å². The molecule has 0 fully saturated rings. The van der Waals surface area contributed by atoms with Crippen molar-refractivity contribution in [3.05, 3.63) is 64.2 Å². The molecule has 0 aliphatic rings. The molecule has 0 radical (unpaired) electrons. The molecule has 1 amide bonds. The highest BCUT2D eigenvalue weighted by Gasteiger charge is 2.14. The number of amides is 1. The van der Waals surface area contributed by atoms with Crippen molar-refractivity contribution in [2.24, 2.45) is 0 Å². The van der Waals surface area contributed by atoms with E-state index in [1.54, 1.807) is 42.5 Å². The van der Waals surface area contributed by atoms with Gasteiger partial charge in [0.25, 0.3) is 0 Å². The van der Waals surface area contributed by atoms with Gasteiger partial charge in [-0.15, -0.1) is 0 Å². The molecule has 1 atom stereocenters. The second kappa shape index (κ2) is 7.08. The fourth-order valence-electron chi connectivity index (χ4n) is 2.01. The van der Waals surface area contributed by atoms with Crippen LogP contribution in [0, 0.1) is 18.3 Å². The van der Waals surface area contributed by atoms with Crippen molar-refractivity contribution in [3.63, 3.8) is 0 Å². The SMILES string of the molecule is Cc1ccc(C#N)cc1NC(=O)CC(O)c1ccc(Cl)cc1. The Labute approximate surface area is 134 Å². The average Bonchev–Trinajstić information content (AvgIpc) is 2.50. The number of nitriles is 1. The van der Waals surface area contributed by atoms with E-state index in [-0.39, 0.29) is 12.3 Å². The van der Waals surface area contributed by atoms with Crippen LogP contribution in [0.4, 0.5) is 5.69 Å². The van der Waals surface area contributed by atoms with Gasteiger partial charge in [0.15, 0.2) is 0 Å². The van der Waals surface area contributed by atoms with Crippen molar-refractivity contribution >= 4 is 23.2 Å². The highest BCUT2D eigenvalue weighted by molar-refractivity contribution is 6.30. The molecule has 2 rings (SSSR count). The zero-order valence-corrected chi connectivity index (χ0v) is 12.8. The van der Waals surface area contributed by atoms with Gasteiger partial charge < -0.3 is 10.4 Å². The molecule has 2 N–H and O–H groups in total. The topological polar surface area (TPSA) is 73.1 Å². The van der Waals surface area contributed by atoms with Crippen molar-refractivity contribution in [1.82, 2.24) is 0 Å². The van der Waals surface area contributed by atoms with E-state index >= 15 is 0 Å². The van der Waals surface area contributed by atoms with E-state index in [2.05, 4.69) is 5.32 Å². The minimum atomic E-state index is -0.906. The van der Waals surface area contributed by atoms with Crippen LogP contribution >= 0.6 is 11.6 Å². The van der Waals surface area contributed by atoms with Crippen LogP contribution in [-0.2, 0) is 4.79 Å². The highest BCUT2D eigenvalue weighted by Crippen LogP contribution is 2.21. The number of aliphatic hydroxyl groups excluding tert-OH is 1. The molecule has 0 aliphatic carbocycles. The molecule has 112 valence electrons. The minimum Gasteiger partial charge on any atom is -0.388 e. The number of anilines is 1. The first-order valence-corrected chi connectivity index (χ1v) is 7.11. The Bertz CT molecular complexity index is 720. The van der Waals surface area contributed by atoms with Gasteiger partial charge in [-0.2, -0.15) is 5.26 Å². The lowest BCUT2D eigenvalue weighted by atomic mass is 10.1. The summed E-state index contributed by atoms with van der Waals surface area (Å²) in [6.07, 6.45) is -0.977. The van der Waals surface area contributed by atoms with Crippen molar-refractivity contribution < 1.29 is 9.90 Å². The third kappa shape index (κ3) is 4.08. The van der Waals surface area contributed by atoms with Crippen LogP contribution < -0.4 is 5.32 Å². The molecule has 5 heteroatoms. The molecule has 1 unspecified atom stereocenters. The zero-order chi connectivity index (χ0) is 16.1. The first-order chi connectivity index (χ1) is 10.5. The van der Waals surface area contributed by atoms with Crippen LogP contribution in [0.1, 0.15) is 29.2 Å². The highest BCUT2D eigenvalue weighted by atomic mass is 35.5. The van der Waals surface area contributed by atoms with Crippen molar-refractivity contribution in [2.45, 2.75) is 19.4 Å². The monoisotopic (exact) mass is 314 g/mol. The van der Waals surface area contributed by atoms with Crippen molar-refractivity contribution in [2.75, 3.05) is 5.32 Å². The summed E-state index contributed by atoms with van der Waals surface area (Å²) >= 11 is 5.79. The van der Waals surface area contributed by atoms with Gasteiger partial charge in [0.05, 0.1) is 24.2 Å². The van der Waals surface area contributed by atoms with Crippen LogP contribution in [0.25, 0.3) is 0 Å². The largest absolute Gasteiger partial charge is 0.388 e. The molecule has 0 aromatic heterocycles. The summed E-state index contributed by atoms with van der Waals surface area (Å²) in [4.78, 5) is 12.0. The number of carbonyl (C=O) groups excluding carboxylic acids is 1. The number of nitrogens with zero attached hydrogens (tertiary/aromatic N) is 1. The molecule has 0 aliphatic heterocycles. The predicted octanol–water partition coefficient (Wildman–Crippen LogP) is 3.58. The van der Waals surface area contributed by atoms with E-state index in [1.807, 2.05) is 13.0 Å². The molecule has 0 heterocycles. The summed E-state index contributed by atoms with van der Waals surface area (Å²) in [6, 6.07) is 13.8. The summed E-state index contributed by atoms with van der Waals surface area (Å²) < 4.78 is 0. The van der Waals surface area contributed by atoms with Gasteiger partial charge in [-0.25, -0.2) is 0 Å². The van der Waals surface area contributed by atoms with Crippen molar-refractivity contribution in [1.29, 1.82) is 5.26 Å². The summed E-state index contributed by atoms with van der Waals surface area (Å²) in [5, 5.41) is 22.3. The second-order valence-corrected chi connectivity index (χ2v) is 5.40. The van der Waals surface area contributed by atoms with Gasteiger partial charge in [0.2, 0.25) is 5.91 Å². The molecule has 0 bridgehead atoms. The van der Waals surface area contributed by atoms with E-state index < -0.39 is 6.10 Å². The molecule has 22 heavy (non-hydrogen) atoms. The summed E-state index contributed by atoms with van der Waals surface area (Å²) in [5.74, 6) is -0.319. The molecule has 2 aromatic carbocycles. The zero-order valence-electron chi connectivity index (χ0n) is 12.0. The maximum Gasteiger partial charge on any atom is 0.227 e. The quantitative estimate of drug-likeness (QED) is 0.906. The lowest BCUT2D eigenvalue weighted by Crippen LogP contribution is -2.16. The first-order valence-electron chi connectivity index (χ1n) is 6.73. The number of halogens is 1. The number of aryl methyl sites for hydroxylation is 1. The van der Waals surface area contributed by atoms with Gasteiger partial charge in [0.1, 0.15) is 0 Å². The summed E-state index contributed by atoms with van der Waals surface area (Å²) in [5.41, 5.74) is 2.53. The molecule has 0 spiro atoms. The van der Waals surface area contributed by atoms with Gasteiger partial charge in [0, 0.05) is 10.7 Å². The Morgan fingerprint density at radius 2 is 2.00 bits per heavy atom. The van der Waals surface area contributed by atoms with E-state index in [0.29, 0.717) is 21.8 Å². The fourth-order valence-corrected chi connectivity index (χ4v) is 2.13. The van der Waals surface area contributed by atoms with Crippen LogP contribution in [0.5, 0.6) is 0 Å². The lowest BCUT2D eigenvalue weighted by molar-refractivity contribution is -0.118. The molecule has 0 saturated carbocycles. The summed E-state index contributed by atoms with van der Waals surface area (Å²) in [6.45, 7) is 1.84. The van der Waals surface area contributed by atoms with E-state index in [0.717, 1.165) is 5.56 Å². The molecular weight excluding hydrogens is 300 g/mol. The number of aliphatic hydroxyl groups is 1. The van der Waals surface area contributed by atoms with Gasteiger partial charge >= 0.3 is 0 Å². The Kier molecular flexibility index (Phi) is 5.16. The smallest absolute Gasteiger partial charge is 0.227 e. The molecular formula is C17H15ClN2O2. The third-order valence-corrected chi connectivity index (χ3v) is 3.53. The Balaban J connectivity index is 2.04. The van der Waals surface area contributed by atoms with Gasteiger partial charge in [-0.05, 0) is 42.3 Å². The number of hydrogen-bond donors (Lipinski definition) is 2. The Morgan fingerprint density at radius 3 is 2.64 bits per heavy atom. The number of nitrogens with one attached hydrogen (secondary N) is 1. The average molecular weight is 315 g/mol. The maximum atomic E-state index is 12.0. The standard InChI is InChI=1S/C17H15ClN2O2/c1-11-2-3-12(10-19)8-15(11)20-17(22)9-16(21)13-4-6-14(18)7-5-13/h2-8,16,21H,9H2,1H3,(H,20,22). The third-order valence-electron chi connectivity index (χ3n) is 3.27. The fraction of sp³-hybridized carbons (Fsp3) is 0.176. The normalized spacial score (nSPS) is 11.5. The Hall–Kier alpha value is -2.35. The van der Waals surface area contributed by atoms with Crippen LogP contribution in [0.3, 0.4) is 0 Å². The van der Waals surface area contributed by atoms with Gasteiger partial charge in [-0.3, -0.25) is 4.79 Å². The predicted molar refractivity (Wildman–Crippen MR) is 85.6 cm³/mol. The maximum absolute atomic E-state index is 12.0. The second-order valence-electron chi connectivity index (χ2n) is 4.96.